The molecule has 0 bridgehead atoms. The SMILES string of the molecule is CC(N)c1ccc(N(C)CC2CCCCO2)cc1Br. The van der Waals surface area contributed by atoms with Crippen LogP contribution in [-0.2, 0) is 4.74 Å². The first-order valence-electron chi connectivity index (χ1n) is 6.95. The highest BCUT2D eigenvalue weighted by atomic mass is 79.9. The van der Waals surface area contributed by atoms with Gasteiger partial charge in [0.2, 0.25) is 0 Å². The van der Waals surface area contributed by atoms with E-state index < -0.39 is 0 Å². The van der Waals surface area contributed by atoms with Crippen LogP contribution in [0.25, 0.3) is 0 Å². The molecule has 19 heavy (non-hydrogen) atoms. The first-order chi connectivity index (χ1) is 9.08. The van der Waals surface area contributed by atoms with Crippen LogP contribution in [0, 0.1) is 0 Å². The maximum atomic E-state index is 5.93. The van der Waals surface area contributed by atoms with E-state index in [0.29, 0.717) is 6.10 Å². The Labute approximate surface area is 124 Å². The molecule has 1 aromatic rings. The molecule has 0 saturated carbocycles. The first kappa shape index (κ1) is 14.8. The largest absolute Gasteiger partial charge is 0.376 e. The van der Waals surface area contributed by atoms with Crippen molar-refractivity contribution in [3.63, 3.8) is 0 Å². The van der Waals surface area contributed by atoms with E-state index in [1.807, 2.05) is 6.92 Å². The van der Waals surface area contributed by atoms with Gasteiger partial charge in [-0.25, -0.2) is 0 Å². The number of benzene rings is 1. The summed E-state index contributed by atoms with van der Waals surface area (Å²) in [7, 11) is 2.12. The number of hydrogen-bond acceptors (Lipinski definition) is 3. The Morgan fingerprint density at radius 2 is 2.26 bits per heavy atom. The summed E-state index contributed by atoms with van der Waals surface area (Å²) in [5.41, 5.74) is 8.27. The minimum Gasteiger partial charge on any atom is -0.376 e. The van der Waals surface area contributed by atoms with E-state index in [1.165, 1.54) is 24.9 Å². The number of nitrogens with two attached hydrogens (primary N) is 1. The lowest BCUT2D eigenvalue weighted by molar-refractivity contribution is 0.0216. The molecule has 0 amide bonds. The summed E-state index contributed by atoms with van der Waals surface area (Å²) in [6, 6.07) is 6.42. The maximum absolute atomic E-state index is 5.93. The molecule has 0 spiro atoms. The lowest BCUT2D eigenvalue weighted by Crippen LogP contribution is -2.33. The second-order valence-corrected chi connectivity index (χ2v) is 6.22. The molecule has 1 fully saturated rings. The predicted octanol–water partition coefficient (Wildman–Crippen LogP) is 3.47. The normalized spacial score (nSPS) is 21.2. The van der Waals surface area contributed by atoms with E-state index in [-0.39, 0.29) is 6.04 Å². The average Bonchev–Trinajstić information content (AvgIpc) is 2.39. The summed E-state index contributed by atoms with van der Waals surface area (Å²) in [5, 5.41) is 0. The number of rotatable bonds is 4. The summed E-state index contributed by atoms with van der Waals surface area (Å²) in [6.07, 6.45) is 4.02. The van der Waals surface area contributed by atoms with Gasteiger partial charge in [-0.3, -0.25) is 0 Å². The van der Waals surface area contributed by atoms with Crippen molar-refractivity contribution < 1.29 is 4.74 Å². The monoisotopic (exact) mass is 326 g/mol. The van der Waals surface area contributed by atoms with E-state index >= 15 is 0 Å². The van der Waals surface area contributed by atoms with E-state index in [4.69, 9.17) is 10.5 Å². The fourth-order valence-electron chi connectivity index (χ4n) is 2.49. The fraction of sp³-hybridized carbons (Fsp3) is 0.600. The van der Waals surface area contributed by atoms with Crippen molar-refractivity contribution in [2.24, 2.45) is 5.73 Å². The van der Waals surface area contributed by atoms with Crippen molar-refractivity contribution in [2.45, 2.75) is 38.3 Å². The number of hydrogen-bond donors (Lipinski definition) is 1. The van der Waals surface area contributed by atoms with Crippen molar-refractivity contribution in [3.8, 4) is 0 Å². The van der Waals surface area contributed by atoms with Gasteiger partial charge in [0.05, 0.1) is 6.10 Å². The van der Waals surface area contributed by atoms with E-state index in [9.17, 15) is 0 Å². The van der Waals surface area contributed by atoms with Gasteiger partial charge in [0.1, 0.15) is 0 Å². The molecule has 1 heterocycles. The van der Waals surface area contributed by atoms with Gasteiger partial charge in [-0.05, 0) is 43.9 Å². The number of ether oxygens (including phenoxy) is 1. The maximum Gasteiger partial charge on any atom is 0.0749 e. The molecule has 1 aliphatic heterocycles. The van der Waals surface area contributed by atoms with Crippen LogP contribution in [0.15, 0.2) is 22.7 Å². The van der Waals surface area contributed by atoms with Gasteiger partial charge in [0, 0.05) is 36.4 Å². The Morgan fingerprint density at radius 1 is 1.47 bits per heavy atom. The highest BCUT2D eigenvalue weighted by Gasteiger charge is 2.16. The number of halogens is 1. The van der Waals surface area contributed by atoms with Crippen LogP contribution in [-0.4, -0.2) is 26.3 Å². The van der Waals surface area contributed by atoms with Crippen molar-refractivity contribution in [2.75, 3.05) is 25.1 Å². The van der Waals surface area contributed by atoms with E-state index in [2.05, 4.69) is 46.1 Å². The third-order valence-corrected chi connectivity index (χ3v) is 4.35. The molecule has 1 saturated heterocycles. The summed E-state index contributed by atoms with van der Waals surface area (Å²) < 4.78 is 6.87. The molecular weight excluding hydrogens is 304 g/mol. The zero-order valence-electron chi connectivity index (χ0n) is 11.7. The topological polar surface area (TPSA) is 38.5 Å². The molecule has 106 valence electrons. The van der Waals surface area contributed by atoms with Gasteiger partial charge in [-0.15, -0.1) is 0 Å². The molecule has 0 aliphatic carbocycles. The molecule has 2 atom stereocenters. The fourth-order valence-corrected chi connectivity index (χ4v) is 3.21. The average molecular weight is 327 g/mol. The van der Waals surface area contributed by atoms with Gasteiger partial charge in [-0.2, -0.15) is 0 Å². The number of anilines is 1. The first-order valence-corrected chi connectivity index (χ1v) is 7.75. The van der Waals surface area contributed by atoms with E-state index in [1.54, 1.807) is 0 Å². The summed E-state index contributed by atoms with van der Waals surface area (Å²) in [6.45, 7) is 3.86. The molecule has 0 aromatic heterocycles. The standard InChI is InChI=1S/C15H23BrN2O/c1-11(17)14-7-6-12(9-15(14)16)18(2)10-13-5-3-4-8-19-13/h6-7,9,11,13H,3-5,8,10,17H2,1-2H3. The Hall–Kier alpha value is -0.580. The predicted molar refractivity (Wildman–Crippen MR) is 83.6 cm³/mol. The second-order valence-electron chi connectivity index (χ2n) is 5.36. The number of likely N-dealkylation sites (N-methyl/N-ethyl adjacent to an activating group) is 1. The minimum absolute atomic E-state index is 0.0513. The Balaban J connectivity index is 2.02. The molecule has 4 heteroatoms. The van der Waals surface area contributed by atoms with Crippen LogP contribution < -0.4 is 10.6 Å². The van der Waals surface area contributed by atoms with Crippen molar-refractivity contribution >= 4 is 21.6 Å². The van der Waals surface area contributed by atoms with Crippen LogP contribution in [0.2, 0.25) is 0 Å². The molecule has 3 nitrogen and oxygen atoms in total. The lowest BCUT2D eigenvalue weighted by Gasteiger charge is -2.29. The minimum atomic E-state index is 0.0513. The van der Waals surface area contributed by atoms with Crippen LogP contribution in [0.5, 0.6) is 0 Å². The molecule has 2 unspecified atom stereocenters. The van der Waals surface area contributed by atoms with Crippen LogP contribution >= 0.6 is 15.9 Å². The highest BCUT2D eigenvalue weighted by Crippen LogP contribution is 2.27. The van der Waals surface area contributed by atoms with Gasteiger partial charge in [0.25, 0.3) is 0 Å². The van der Waals surface area contributed by atoms with Gasteiger partial charge in [-0.1, -0.05) is 22.0 Å². The zero-order valence-corrected chi connectivity index (χ0v) is 13.3. The van der Waals surface area contributed by atoms with Crippen LogP contribution in [0.4, 0.5) is 5.69 Å². The quantitative estimate of drug-likeness (QED) is 0.920. The van der Waals surface area contributed by atoms with Crippen LogP contribution in [0.3, 0.4) is 0 Å². The summed E-state index contributed by atoms with van der Waals surface area (Å²) in [5.74, 6) is 0. The van der Waals surface area contributed by atoms with Crippen molar-refractivity contribution in [3.05, 3.63) is 28.2 Å². The van der Waals surface area contributed by atoms with Crippen molar-refractivity contribution in [1.82, 2.24) is 0 Å². The third kappa shape index (κ3) is 3.94. The van der Waals surface area contributed by atoms with Crippen molar-refractivity contribution in [1.29, 1.82) is 0 Å². The molecule has 2 rings (SSSR count). The Morgan fingerprint density at radius 3 is 2.84 bits per heavy atom. The smallest absolute Gasteiger partial charge is 0.0749 e. The molecule has 1 aromatic carbocycles. The molecular formula is C15H23BrN2O. The second kappa shape index (κ2) is 6.73. The van der Waals surface area contributed by atoms with E-state index in [0.717, 1.165) is 23.2 Å². The molecule has 1 aliphatic rings. The summed E-state index contributed by atoms with van der Waals surface area (Å²) in [4.78, 5) is 2.26. The van der Waals surface area contributed by atoms with Gasteiger partial charge >= 0.3 is 0 Å². The lowest BCUT2D eigenvalue weighted by atomic mass is 10.1. The van der Waals surface area contributed by atoms with Gasteiger partial charge < -0.3 is 15.4 Å². The third-order valence-electron chi connectivity index (χ3n) is 3.67. The van der Waals surface area contributed by atoms with Gasteiger partial charge in [0.15, 0.2) is 0 Å². The highest BCUT2D eigenvalue weighted by molar-refractivity contribution is 9.10. The summed E-state index contributed by atoms with van der Waals surface area (Å²) >= 11 is 3.60. The van der Waals surface area contributed by atoms with Crippen LogP contribution in [0.1, 0.15) is 37.8 Å². The Bertz CT molecular complexity index is 417. The number of nitrogens with zero attached hydrogens (tertiary/aromatic N) is 1. The molecule has 0 radical (unpaired) electrons. The molecule has 2 N–H and O–H groups in total. The Kier molecular flexibility index (Phi) is 5.25. The zero-order chi connectivity index (χ0) is 13.8.